The molecule has 0 amide bonds. The Morgan fingerprint density at radius 2 is 1.48 bits per heavy atom. The van der Waals surface area contributed by atoms with E-state index in [0.29, 0.717) is 12.4 Å². The Morgan fingerprint density at radius 3 is 1.96 bits per heavy atom. The third kappa shape index (κ3) is 4.78. The van der Waals surface area contributed by atoms with Gasteiger partial charge in [-0.25, -0.2) is 0 Å². The van der Waals surface area contributed by atoms with Gasteiger partial charge in [0.1, 0.15) is 11.5 Å². The van der Waals surface area contributed by atoms with Crippen LogP contribution in [0.15, 0.2) is 36.4 Å². The fourth-order valence-electron chi connectivity index (χ4n) is 2.96. The Kier molecular flexibility index (Phi) is 5.51. The molecule has 25 heavy (non-hydrogen) atoms. The van der Waals surface area contributed by atoms with Crippen LogP contribution in [0.2, 0.25) is 0 Å². The van der Waals surface area contributed by atoms with Crippen molar-refractivity contribution in [2.75, 3.05) is 6.61 Å². The SMILES string of the molecule is CCOc1c(Cc2ccc(O)cc2)cc(C(C)(C)C)cc1C(C)(C)C. The lowest BCUT2D eigenvalue weighted by Gasteiger charge is -2.29. The highest BCUT2D eigenvalue weighted by molar-refractivity contribution is 5.51. The van der Waals surface area contributed by atoms with E-state index in [4.69, 9.17) is 4.74 Å². The van der Waals surface area contributed by atoms with E-state index in [1.54, 1.807) is 12.1 Å². The average molecular weight is 341 g/mol. The summed E-state index contributed by atoms with van der Waals surface area (Å²) < 4.78 is 6.11. The molecular weight excluding hydrogens is 308 g/mol. The number of phenolic OH excluding ortho intramolecular Hbond substituents is 1. The second-order valence-corrected chi connectivity index (χ2v) is 8.79. The van der Waals surface area contributed by atoms with Gasteiger partial charge in [-0.3, -0.25) is 0 Å². The first kappa shape index (κ1) is 19.4. The Labute approximate surface area is 152 Å². The number of benzene rings is 2. The van der Waals surface area contributed by atoms with E-state index < -0.39 is 0 Å². The van der Waals surface area contributed by atoms with Crippen molar-refractivity contribution >= 4 is 0 Å². The average Bonchev–Trinajstić information content (AvgIpc) is 2.49. The maximum Gasteiger partial charge on any atom is 0.126 e. The second-order valence-electron chi connectivity index (χ2n) is 8.79. The van der Waals surface area contributed by atoms with Crippen molar-refractivity contribution in [2.24, 2.45) is 0 Å². The Morgan fingerprint density at radius 1 is 0.880 bits per heavy atom. The van der Waals surface area contributed by atoms with Crippen molar-refractivity contribution in [1.82, 2.24) is 0 Å². The quantitative estimate of drug-likeness (QED) is 0.742. The molecule has 0 fully saturated rings. The third-order valence-electron chi connectivity index (χ3n) is 4.46. The van der Waals surface area contributed by atoms with Gasteiger partial charge in [-0.05, 0) is 46.6 Å². The predicted octanol–water partition coefficient (Wildman–Crippen LogP) is 5.98. The minimum Gasteiger partial charge on any atom is -0.508 e. The highest BCUT2D eigenvalue weighted by atomic mass is 16.5. The molecule has 2 nitrogen and oxygen atoms in total. The van der Waals surface area contributed by atoms with Crippen molar-refractivity contribution in [1.29, 1.82) is 0 Å². The molecule has 136 valence electrons. The molecule has 0 radical (unpaired) electrons. The van der Waals surface area contributed by atoms with E-state index >= 15 is 0 Å². The topological polar surface area (TPSA) is 29.5 Å². The summed E-state index contributed by atoms with van der Waals surface area (Å²) in [6, 6.07) is 12.0. The third-order valence-corrected chi connectivity index (χ3v) is 4.46. The number of aromatic hydroxyl groups is 1. The lowest BCUT2D eigenvalue weighted by Crippen LogP contribution is -2.19. The lowest BCUT2D eigenvalue weighted by atomic mass is 9.78. The number of phenols is 1. The van der Waals surface area contributed by atoms with Gasteiger partial charge in [0, 0.05) is 12.0 Å². The number of hydrogen-bond acceptors (Lipinski definition) is 2. The van der Waals surface area contributed by atoms with Gasteiger partial charge >= 0.3 is 0 Å². The fourth-order valence-corrected chi connectivity index (χ4v) is 2.96. The van der Waals surface area contributed by atoms with Crippen LogP contribution in [0.1, 0.15) is 70.7 Å². The molecule has 0 heterocycles. The van der Waals surface area contributed by atoms with Crippen molar-refractivity contribution in [3.8, 4) is 11.5 Å². The zero-order valence-corrected chi connectivity index (χ0v) is 16.7. The highest BCUT2D eigenvalue weighted by Gasteiger charge is 2.26. The lowest BCUT2D eigenvalue weighted by molar-refractivity contribution is 0.326. The summed E-state index contributed by atoms with van der Waals surface area (Å²) in [5.74, 6) is 1.31. The molecule has 0 saturated carbocycles. The first-order valence-corrected chi connectivity index (χ1v) is 9.11. The Balaban J connectivity index is 2.63. The van der Waals surface area contributed by atoms with Crippen molar-refractivity contribution in [3.63, 3.8) is 0 Å². The first-order valence-electron chi connectivity index (χ1n) is 9.11. The molecule has 0 aliphatic rings. The van der Waals surface area contributed by atoms with Gasteiger partial charge in [0.05, 0.1) is 6.61 Å². The monoisotopic (exact) mass is 340 g/mol. The number of hydrogen-bond donors (Lipinski definition) is 1. The van der Waals surface area contributed by atoms with Gasteiger partial charge in [-0.15, -0.1) is 0 Å². The van der Waals surface area contributed by atoms with Gasteiger partial charge in [-0.1, -0.05) is 65.8 Å². The second kappa shape index (κ2) is 7.11. The summed E-state index contributed by atoms with van der Waals surface area (Å²) in [7, 11) is 0. The van der Waals surface area contributed by atoms with Crippen LogP contribution in [0.25, 0.3) is 0 Å². The van der Waals surface area contributed by atoms with Crippen LogP contribution < -0.4 is 4.74 Å². The molecule has 0 aliphatic carbocycles. The number of rotatable bonds is 4. The van der Waals surface area contributed by atoms with Crippen LogP contribution in [0.3, 0.4) is 0 Å². The Hall–Kier alpha value is -1.96. The maximum absolute atomic E-state index is 9.54. The molecule has 0 spiro atoms. The molecule has 0 aliphatic heterocycles. The van der Waals surface area contributed by atoms with Gasteiger partial charge in [-0.2, -0.15) is 0 Å². The van der Waals surface area contributed by atoms with Crippen LogP contribution in [-0.2, 0) is 17.3 Å². The summed E-state index contributed by atoms with van der Waals surface area (Å²) in [5, 5.41) is 9.54. The molecule has 0 saturated heterocycles. The summed E-state index contributed by atoms with van der Waals surface area (Å²) in [4.78, 5) is 0. The molecule has 1 N–H and O–H groups in total. The van der Waals surface area contributed by atoms with Crippen LogP contribution in [0.5, 0.6) is 11.5 Å². The van der Waals surface area contributed by atoms with E-state index in [-0.39, 0.29) is 10.8 Å². The predicted molar refractivity (Wildman–Crippen MR) is 106 cm³/mol. The zero-order valence-electron chi connectivity index (χ0n) is 16.7. The largest absolute Gasteiger partial charge is 0.508 e. The van der Waals surface area contributed by atoms with Crippen molar-refractivity contribution in [2.45, 2.75) is 65.7 Å². The van der Waals surface area contributed by atoms with Crippen LogP contribution in [-0.4, -0.2) is 11.7 Å². The van der Waals surface area contributed by atoms with Gasteiger partial charge in [0.15, 0.2) is 0 Å². The van der Waals surface area contributed by atoms with Crippen molar-refractivity contribution < 1.29 is 9.84 Å². The Bertz CT molecular complexity index is 713. The normalized spacial score (nSPS) is 12.3. The summed E-state index contributed by atoms with van der Waals surface area (Å²) in [6.07, 6.45) is 0.794. The van der Waals surface area contributed by atoms with Crippen LogP contribution in [0.4, 0.5) is 0 Å². The van der Waals surface area contributed by atoms with Gasteiger partial charge < -0.3 is 9.84 Å². The summed E-state index contributed by atoms with van der Waals surface area (Å²) >= 11 is 0. The molecule has 2 aromatic carbocycles. The van der Waals surface area contributed by atoms with Gasteiger partial charge in [0.2, 0.25) is 0 Å². The smallest absolute Gasteiger partial charge is 0.126 e. The van der Waals surface area contributed by atoms with Gasteiger partial charge in [0.25, 0.3) is 0 Å². The standard InChI is InChI=1S/C23H32O2/c1-8-25-21-17(13-16-9-11-19(24)12-10-16)14-18(22(2,3)4)15-20(21)23(5,6)7/h9-12,14-15,24H,8,13H2,1-7H3. The summed E-state index contributed by atoms with van der Waals surface area (Å²) in [5.41, 5.74) is 5.06. The zero-order chi connectivity index (χ0) is 18.8. The van der Waals surface area contributed by atoms with E-state index in [9.17, 15) is 5.11 Å². The molecule has 2 rings (SSSR count). The number of ether oxygens (including phenoxy) is 1. The van der Waals surface area contributed by atoms with Crippen molar-refractivity contribution in [3.05, 3.63) is 58.7 Å². The van der Waals surface area contributed by atoms with Crippen LogP contribution >= 0.6 is 0 Å². The molecule has 2 aromatic rings. The highest BCUT2D eigenvalue weighted by Crippen LogP contribution is 2.39. The minimum absolute atomic E-state index is 0.00939. The summed E-state index contributed by atoms with van der Waals surface area (Å²) in [6.45, 7) is 16.2. The van der Waals surface area contributed by atoms with E-state index in [2.05, 4.69) is 53.7 Å². The maximum atomic E-state index is 9.54. The molecule has 0 aromatic heterocycles. The molecule has 0 bridgehead atoms. The van der Waals surface area contributed by atoms with E-state index in [1.807, 2.05) is 19.1 Å². The first-order chi connectivity index (χ1) is 11.5. The van der Waals surface area contributed by atoms with E-state index in [1.165, 1.54) is 22.3 Å². The molecule has 0 atom stereocenters. The minimum atomic E-state index is 0.00939. The molecule has 0 unspecified atom stereocenters. The molecule has 2 heteroatoms. The van der Waals surface area contributed by atoms with E-state index in [0.717, 1.165) is 12.2 Å². The van der Waals surface area contributed by atoms with Crippen LogP contribution in [0, 0.1) is 0 Å². The molecular formula is C23H32O2. The fraction of sp³-hybridized carbons (Fsp3) is 0.478.